The lowest BCUT2D eigenvalue weighted by Crippen LogP contribution is -2.15. The third-order valence-corrected chi connectivity index (χ3v) is 2.20. The fraction of sp³-hybridized carbons (Fsp3) is 0.462. The van der Waals surface area contributed by atoms with Crippen LogP contribution in [0, 0.1) is 6.92 Å². The van der Waals surface area contributed by atoms with Gasteiger partial charge in [0.25, 0.3) is 0 Å². The van der Waals surface area contributed by atoms with Crippen LogP contribution >= 0.6 is 0 Å². The molecule has 0 aliphatic rings. The third kappa shape index (κ3) is 4.34. The summed E-state index contributed by atoms with van der Waals surface area (Å²) in [6, 6.07) is 7.60. The van der Waals surface area contributed by atoms with E-state index in [1.165, 1.54) is 0 Å². The first-order chi connectivity index (χ1) is 7.74. The smallest absolute Gasteiger partial charge is 0.344 e. The molecule has 0 spiro atoms. The van der Waals surface area contributed by atoms with Crippen molar-refractivity contribution < 1.29 is 14.3 Å². The van der Waals surface area contributed by atoms with Gasteiger partial charge in [0.05, 0.1) is 6.61 Å². The highest BCUT2D eigenvalue weighted by molar-refractivity contribution is 5.71. The van der Waals surface area contributed by atoms with E-state index >= 15 is 0 Å². The Morgan fingerprint density at radius 2 is 2.06 bits per heavy atom. The first-order valence-corrected chi connectivity index (χ1v) is 5.58. The van der Waals surface area contributed by atoms with Crippen molar-refractivity contribution >= 4 is 5.97 Å². The predicted octanol–water partition coefficient (Wildman–Crippen LogP) is 2.72. The SMILES string of the molecule is CCCCOC(=O)COc1ccccc1C. The van der Waals surface area contributed by atoms with E-state index in [9.17, 15) is 4.79 Å². The average Bonchev–Trinajstić information content (AvgIpc) is 2.28. The zero-order valence-corrected chi connectivity index (χ0v) is 9.86. The first-order valence-electron chi connectivity index (χ1n) is 5.58. The molecule has 3 heteroatoms. The summed E-state index contributed by atoms with van der Waals surface area (Å²) in [4.78, 5) is 11.3. The number of carbonyl (C=O) groups excluding carboxylic acids is 1. The fourth-order valence-corrected chi connectivity index (χ4v) is 1.23. The molecule has 0 saturated heterocycles. The number of esters is 1. The van der Waals surface area contributed by atoms with E-state index in [4.69, 9.17) is 9.47 Å². The molecule has 3 nitrogen and oxygen atoms in total. The summed E-state index contributed by atoms with van der Waals surface area (Å²) in [6.45, 7) is 4.45. The van der Waals surface area contributed by atoms with Crippen molar-refractivity contribution in [1.29, 1.82) is 0 Å². The highest BCUT2D eigenvalue weighted by Gasteiger charge is 2.04. The highest BCUT2D eigenvalue weighted by Crippen LogP contribution is 2.15. The number of hydrogen-bond acceptors (Lipinski definition) is 3. The maximum Gasteiger partial charge on any atom is 0.344 e. The molecule has 1 rings (SSSR count). The largest absolute Gasteiger partial charge is 0.482 e. The number of unbranched alkanes of at least 4 members (excludes halogenated alkanes) is 1. The van der Waals surface area contributed by atoms with Crippen LogP contribution in [0.3, 0.4) is 0 Å². The van der Waals surface area contributed by atoms with Gasteiger partial charge in [0.15, 0.2) is 6.61 Å². The van der Waals surface area contributed by atoms with Crippen LogP contribution in [0.4, 0.5) is 0 Å². The van der Waals surface area contributed by atoms with Crippen LogP contribution in [0.15, 0.2) is 24.3 Å². The maximum absolute atomic E-state index is 11.3. The minimum Gasteiger partial charge on any atom is -0.482 e. The summed E-state index contributed by atoms with van der Waals surface area (Å²) in [5, 5.41) is 0. The monoisotopic (exact) mass is 222 g/mol. The summed E-state index contributed by atoms with van der Waals surface area (Å²) < 4.78 is 10.3. The molecule has 0 amide bonds. The van der Waals surface area contributed by atoms with Gasteiger partial charge >= 0.3 is 5.97 Å². The number of rotatable bonds is 6. The summed E-state index contributed by atoms with van der Waals surface area (Å²) in [6.07, 6.45) is 1.92. The maximum atomic E-state index is 11.3. The van der Waals surface area contributed by atoms with Gasteiger partial charge in [-0.2, -0.15) is 0 Å². The molecule has 0 aliphatic carbocycles. The van der Waals surface area contributed by atoms with E-state index in [0.29, 0.717) is 6.61 Å². The lowest BCUT2D eigenvalue weighted by Gasteiger charge is -2.08. The van der Waals surface area contributed by atoms with Crippen molar-refractivity contribution in [2.24, 2.45) is 0 Å². The van der Waals surface area contributed by atoms with Crippen LogP contribution in [0.25, 0.3) is 0 Å². The molecule has 0 atom stereocenters. The van der Waals surface area contributed by atoms with E-state index in [2.05, 4.69) is 6.92 Å². The Hall–Kier alpha value is -1.51. The van der Waals surface area contributed by atoms with Crippen LogP contribution < -0.4 is 4.74 Å². The van der Waals surface area contributed by atoms with Crippen molar-refractivity contribution in [1.82, 2.24) is 0 Å². The van der Waals surface area contributed by atoms with Gasteiger partial charge < -0.3 is 9.47 Å². The van der Waals surface area contributed by atoms with E-state index in [-0.39, 0.29) is 12.6 Å². The van der Waals surface area contributed by atoms with Crippen molar-refractivity contribution in [3.05, 3.63) is 29.8 Å². The van der Waals surface area contributed by atoms with E-state index in [1.54, 1.807) is 0 Å². The van der Waals surface area contributed by atoms with Gasteiger partial charge in [-0.3, -0.25) is 0 Å². The molecule has 0 aromatic heterocycles. The Bertz CT molecular complexity index is 334. The molecule has 0 fully saturated rings. The zero-order chi connectivity index (χ0) is 11.8. The second-order valence-corrected chi connectivity index (χ2v) is 3.63. The minimum atomic E-state index is -0.309. The average molecular weight is 222 g/mol. The first kappa shape index (κ1) is 12.6. The lowest BCUT2D eigenvalue weighted by atomic mass is 10.2. The minimum absolute atomic E-state index is 0.0193. The highest BCUT2D eigenvalue weighted by atomic mass is 16.6. The number of ether oxygens (including phenoxy) is 2. The van der Waals surface area contributed by atoms with Gasteiger partial charge in [0, 0.05) is 0 Å². The molecule has 0 heterocycles. The molecule has 0 N–H and O–H groups in total. The van der Waals surface area contributed by atoms with Crippen LogP contribution in [-0.4, -0.2) is 19.2 Å². The van der Waals surface area contributed by atoms with Crippen molar-refractivity contribution in [3.63, 3.8) is 0 Å². The molecule has 88 valence electrons. The Labute approximate surface area is 96.4 Å². The van der Waals surface area contributed by atoms with Crippen LogP contribution in [-0.2, 0) is 9.53 Å². The summed E-state index contributed by atoms with van der Waals surface area (Å²) >= 11 is 0. The molecule has 1 aromatic carbocycles. The topological polar surface area (TPSA) is 35.5 Å². The Kier molecular flexibility index (Phi) is 5.40. The van der Waals surface area contributed by atoms with E-state index in [1.807, 2.05) is 31.2 Å². The standard InChI is InChI=1S/C13H18O3/c1-3-4-9-15-13(14)10-16-12-8-6-5-7-11(12)2/h5-8H,3-4,9-10H2,1-2H3. The number of benzene rings is 1. The Morgan fingerprint density at radius 3 is 2.75 bits per heavy atom. The molecule has 0 saturated carbocycles. The van der Waals surface area contributed by atoms with Gasteiger partial charge in [-0.05, 0) is 25.0 Å². The Balaban J connectivity index is 2.29. The predicted molar refractivity (Wildman–Crippen MR) is 62.5 cm³/mol. The van der Waals surface area contributed by atoms with E-state index < -0.39 is 0 Å². The molecular formula is C13H18O3. The van der Waals surface area contributed by atoms with Crippen molar-refractivity contribution in [2.45, 2.75) is 26.7 Å². The van der Waals surface area contributed by atoms with E-state index in [0.717, 1.165) is 24.2 Å². The quantitative estimate of drug-likeness (QED) is 0.548. The molecule has 0 aliphatic heterocycles. The molecular weight excluding hydrogens is 204 g/mol. The molecule has 16 heavy (non-hydrogen) atoms. The Morgan fingerprint density at radius 1 is 1.31 bits per heavy atom. The number of hydrogen-bond donors (Lipinski definition) is 0. The lowest BCUT2D eigenvalue weighted by molar-refractivity contribution is -0.146. The summed E-state index contributed by atoms with van der Waals surface area (Å²) in [5.74, 6) is 0.423. The molecule has 0 radical (unpaired) electrons. The van der Waals surface area contributed by atoms with Crippen molar-refractivity contribution in [2.75, 3.05) is 13.2 Å². The molecule has 0 unspecified atom stereocenters. The second-order valence-electron chi connectivity index (χ2n) is 3.63. The summed E-state index contributed by atoms with van der Waals surface area (Å²) in [7, 11) is 0. The van der Waals surface area contributed by atoms with Gasteiger partial charge in [-0.1, -0.05) is 31.5 Å². The van der Waals surface area contributed by atoms with Gasteiger partial charge in [0.1, 0.15) is 5.75 Å². The number of aryl methyl sites for hydroxylation is 1. The van der Waals surface area contributed by atoms with Crippen LogP contribution in [0.5, 0.6) is 5.75 Å². The summed E-state index contributed by atoms with van der Waals surface area (Å²) in [5.41, 5.74) is 1.02. The normalized spacial score (nSPS) is 9.88. The number of para-hydroxylation sites is 1. The van der Waals surface area contributed by atoms with Gasteiger partial charge in [0.2, 0.25) is 0 Å². The van der Waals surface area contributed by atoms with Crippen LogP contribution in [0.2, 0.25) is 0 Å². The molecule has 0 bridgehead atoms. The second kappa shape index (κ2) is 6.88. The van der Waals surface area contributed by atoms with Crippen LogP contribution in [0.1, 0.15) is 25.3 Å². The third-order valence-electron chi connectivity index (χ3n) is 2.20. The number of carbonyl (C=O) groups is 1. The zero-order valence-electron chi connectivity index (χ0n) is 9.86. The molecule has 1 aromatic rings. The fourth-order valence-electron chi connectivity index (χ4n) is 1.23. The van der Waals surface area contributed by atoms with Gasteiger partial charge in [-0.25, -0.2) is 4.79 Å². The van der Waals surface area contributed by atoms with Gasteiger partial charge in [-0.15, -0.1) is 0 Å². The van der Waals surface area contributed by atoms with Crippen molar-refractivity contribution in [3.8, 4) is 5.75 Å².